The van der Waals surface area contributed by atoms with Crippen molar-refractivity contribution >= 4 is 17.4 Å². The lowest BCUT2D eigenvalue weighted by Crippen LogP contribution is -2.30. The fraction of sp³-hybridized carbons (Fsp3) is 0.400. The molecule has 5 nitrogen and oxygen atoms in total. The van der Waals surface area contributed by atoms with Crippen molar-refractivity contribution in [2.75, 3.05) is 0 Å². The van der Waals surface area contributed by atoms with Crippen molar-refractivity contribution in [3.63, 3.8) is 0 Å². The zero-order valence-electron chi connectivity index (χ0n) is 6.00. The zero-order chi connectivity index (χ0) is 8.27. The Bertz CT molecular complexity index is 259. The van der Waals surface area contributed by atoms with Gasteiger partial charge in [0.2, 0.25) is 0 Å². The fourth-order valence-corrected chi connectivity index (χ4v) is 1.33. The van der Waals surface area contributed by atoms with E-state index in [0.717, 1.165) is 11.5 Å². The molecule has 0 spiro atoms. The number of hydrogen-bond acceptors (Lipinski definition) is 5. The van der Waals surface area contributed by atoms with Gasteiger partial charge >= 0.3 is 0 Å². The monoisotopic (exact) mass is 172 g/mol. The van der Waals surface area contributed by atoms with Gasteiger partial charge in [-0.25, -0.2) is 5.84 Å². The molecular formula is C5H8N4OS. The lowest BCUT2D eigenvalue weighted by atomic mass is 10.3. The van der Waals surface area contributed by atoms with Gasteiger partial charge in [0.25, 0.3) is 5.91 Å². The van der Waals surface area contributed by atoms with Crippen molar-refractivity contribution in [3.05, 3.63) is 10.6 Å². The van der Waals surface area contributed by atoms with E-state index in [9.17, 15) is 4.79 Å². The molecule has 1 aromatic heterocycles. The molecule has 0 aliphatic carbocycles. The van der Waals surface area contributed by atoms with Crippen LogP contribution in [0.3, 0.4) is 0 Å². The van der Waals surface area contributed by atoms with Crippen molar-refractivity contribution in [2.45, 2.75) is 13.3 Å². The van der Waals surface area contributed by atoms with E-state index < -0.39 is 0 Å². The third kappa shape index (κ3) is 1.52. The van der Waals surface area contributed by atoms with E-state index in [1.54, 1.807) is 0 Å². The molecule has 6 heteroatoms. The highest BCUT2D eigenvalue weighted by molar-refractivity contribution is 7.07. The number of aromatic nitrogens is 2. The van der Waals surface area contributed by atoms with E-state index in [1.165, 1.54) is 0 Å². The summed E-state index contributed by atoms with van der Waals surface area (Å²) >= 11 is 1.05. The van der Waals surface area contributed by atoms with Gasteiger partial charge in [0, 0.05) is 0 Å². The number of aryl methyl sites for hydroxylation is 1. The lowest BCUT2D eigenvalue weighted by Gasteiger charge is -1.94. The molecule has 0 unspecified atom stereocenters. The number of nitrogens with zero attached hydrogens (tertiary/aromatic N) is 2. The minimum Gasteiger partial charge on any atom is -0.289 e. The van der Waals surface area contributed by atoms with Crippen LogP contribution < -0.4 is 11.3 Å². The summed E-state index contributed by atoms with van der Waals surface area (Å²) in [6, 6.07) is 0. The van der Waals surface area contributed by atoms with Crippen LogP contribution >= 0.6 is 11.5 Å². The van der Waals surface area contributed by atoms with Crippen LogP contribution in [-0.4, -0.2) is 15.5 Å². The number of rotatable bonds is 2. The van der Waals surface area contributed by atoms with E-state index in [0.29, 0.717) is 17.0 Å². The number of nitrogens with two attached hydrogens (primary N) is 1. The highest BCUT2D eigenvalue weighted by Crippen LogP contribution is 2.09. The Hall–Kier alpha value is -1.01. The van der Waals surface area contributed by atoms with Crippen LogP contribution in [0.4, 0.5) is 0 Å². The Morgan fingerprint density at radius 3 is 3.09 bits per heavy atom. The molecule has 1 aromatic rings. The van der Waals surface area contributed by atoms with Crippen molar-refractivity contribution in [1.82, 2.24) is 15.0 Å². The second-order valence-corrected chi connectivity index (χ2v) is 2.63. The number of nitrogens with one attached hydrogen (secondary N) is 1. The van der Waals surface area contributed by atoms with Gasteiger partial charge in [0.15, 0.2) is 0 Å². The third-order valence-electron chi connectivity index (χ3n) is 1.23. The Balaban J connectivity index is 2.92. The number of carbonyl (C=O) groups is 1. The molecule has 0 saturated heterocycles. The van der Waals surface area contributed by atoms with Crippen LogP contribution in [0.5, 0.6) is 0 Å². The molecule has 0 saturated carbocycles. The van der Waals surface area contributed by atoms with E-state index in [1.807, 2.05) is 12.3 Å². The molecule has 0 fully saturated rings. The predicted molar refractivity (Wildman–Crippen MR) is 40.9 cm³/mol. The molecule has 0 bridgehead atoms. The second-order valence-electron chi connectivity index (χ2n) is 1.88. The molecule has 11 heavy (non-hydrogen) atoms. The first-order valence-corrected chi connectivity index (χ1v) is 3.89. The highest BCUT2D eigenvalue weighted by Gasteiger charge is 2.12. The van der Waals surface area contributed by atoms with E-state index in [4.69, 9.17) is 5.84 Å². The molecule has 1 amide bonds. The highest BCUT2D eigenvalue weighted by atomic mass is 32.1. The molecule has 3 N–H and O–H groups in total. The third-order valence-corrected chi connectivity index (χ3v) is 1.99. The quantitative estimate of drug-likeness (QED) is 0.365. The van der Waals surface area contributed by atoms with Gasteiger partial charge in [-0.3, -0.25) is 10.2 Å². The van der Waals surface area contributed by atoms with Crippen LogP contribution in [0, 0.1) is 0 Å². The Labute approximate surface area is 67.7 Å². The largest absolute Gasteiger partial charge is 0.289 e. The van der Waals surface area contributed by atoms with Crippen molar-refractivity contribution in [2.24, 2.45) is 5.84 Å². The SMILES string of the molecule is CCc1nnsc1C(=O)NN. The molecular weight excluding hydrogens is 164 g/mol. The van der Waals surface area contributed by atoms with Gasteiger partial charge in [0.1, 0.15) is 4.88 Å². The van der Waals surface area contributed by atoms with Crippen LogP contribution in [0.1, 0.15) is 22.3 Å². The summed E-state index contributed by atoms with van der Waals surface area (Å²) in [5.74, 6) is 4.62. The van der Waals surface area contributed by atoms with Crippen molar-refractivity contribution < 1.29 is 4.79 Å². The van der Waals surface area contributed by atoms with Gasteiger partial charge in [-0.15, -0.1) is 5.10 Å². The number of carbonyl (C=O) groups excluding carboxylic acids is 1. The van der Waals surface area contributed by atoms with Crippen molar-refractivity contribution in [3.8, 4) is 0 Å². The second kappa shape index (κ2) is 3.40. The predicted octanol–water partition coefficient (Wildman–Crippen LogP) is -0.296. The van der Waals surface area contributed by atoms with E-state index in [2.05, 4.69) is 9.59 Å². The Morgan fingerprint density at radius 1 is 1.82 bits per heavy atom. The van der Waals surface area contributed by atoms with Gasteiger partial charge in [-0.2, -0.15) is 0 Å². The van der Waals surface area contributed by atoms with E-state index in [-0.39, 0.29) is 5.91 Å². The summed E-state index contributed by atoms with van der Waals surface area (Å²) in [6.45, 7) is 1.91. The van der Waals surface area contributed by atoms with Gasteiger partial charge in [0.05, 0.1) is 5.69 Å². The number of nitrogen functional groups attached to an aromatic ring is 1. The average Bonchev–Trinajstić information content (AvgIpc) is 2.50. The number of hydrazine groups is 1. The van der Waals surface area contributed by atoms with Crippen LogP contribution in [-0.2, 0) is 6.42 Å². The molecule has 1 rings (SSSR count). The lowest BCUT2D eigenvalue weighted by molar-refractivity contribution is 0.0956. The molecule has 0 radical (unpaired) electrons. The average molecular weight is 172 g/mol. The minimum atomic E-state index is -0.322. The first kappa shape index (κ1) is 8.09. The molecule has 60 valence electrons. The van der Waals surface area contributed by atoms with E-state index >= 15 is 0 Å². The summed E-state index contributed by atoms with van der Waals surface area (Å²) in [5, 5.41) is 3.76. The summed E-state index contributed by atoms with van der Waals surface area (Å²) in [6.07, 6.45) is 0.694. The molecule has 0 aliphatic heterocycles. The smallest absolute Gasteiger partial charge is 0.278 e. The van der Waals surface area contributed by atoms with Gasteiger partial charge < -0.3 is 0 Å². The Morgan fingerprint density at radius 2 is 2.55 bits per heavy atom. The topological polar surface area (TPSA) is 80.9 Å². The maximum absolute atomic E-state index is 10.9. The molecule has 0 aliphatic rings. The first-order chi connectivity index (χ1) is 5.29. The maximum Gasteiger partial charge on any atom is 0.278 e. The maximum atomic E-state index is 10.9. The first-order valence-electron chi connectivity index (χ1n) is 3.11. The van der Waals surface area contributed by atoms with Gasteiger partial charge in [-0.1, -0.05) is 11.4 Å². The Kier molecular flexibility index (Phi) is 2.50. The summed E-state index contributed by atoms with van der Waals surface area (Å²) < 4.78 is 3.64. The van der Waals surface area contributed by atoms with Crippen molar-refractivity contribution in [1.29, 1.82) is 0 Å². The number of hydrogen-bond donors (Lipinski definition) is 2. The zero-order valence-corrected chi connectivity index (χ0v) is 6.81. The fourth-order valence-electron chi connectivity index (χ4n) is 0.678. The summed E-state index contributed by atoms with van der Waals surface area (Å²) in [7, 11) is 0. The standard InChI is InChI=1S/C5H8N4OS/c1-2-3-4(5(10)7-6)11-9-8-3/h2,6H2,1H3,(H,7,10). The van der Waals surface area contributed by atoms with Crippen LogP contribution in [0.2, 0.25) is 0 Å². The molecule has 0 aromatic carbocycles. The van der Waals surface area contributed by atoms with Gasteiger partial charge in [-0.05, 0) is 18.0 Å². The van der Waals surface area contributed by atoms with Crippen LogP contribution in [0.15, 0.2) is 0 Å². The summed E-state index contributed by atoms with van der Waals surface area (Å²) in [4.78, 5) is 11.4. The number of amides is 1. The normalized spacial score (nSPS) is 9.64. The minimum absolute atomic E-state index is 0.322. The molecule has 0 atom stereocenters. The molecule has 1 heterocycles. The van der Waals surface area contributed by atoms with Crippen LogP contribution in [0.25, 0.3) is 0 Å². The summed E-state index contributed by atoms with van der Waals surface area (Å²) in [5.41, 5.74) is 2.73.